The molecule has 0 aromatic heterocycles. The topological polar surface area (TPSA) is 21.3 Å². The third-order valence-electron chi connectivity index (χ3n) is 3.12. The Balaban J connectivity index is 1.84. The first-order chi connectivity index (χ1) is 8.78. The number of benzene rings is 1. The molecule has 1 aromatic rings. The maximum Gasteiger partial charge on any atom is 0.127 e. The number of unbranched alkanes of at least 4 members (excludes halogenated alkanes) is 2. The van der Waals surface area contributed by atoms with Gasteiger partial charge in [-0.2, -0.15) is 0 Å². The molecular weight excluding hydrogens is 229 g/mol. The van der Waals surface area contributed by atoms with E-state index in [1.807, 2.05) is 6.07 Å². The van der Waals surface area contributed by atoms with Crippen molar-refractivity contribution in [1.82, 2.24) is 5.32 Å². The van der Waals surface area contributed by atoms with Crippen molar-refractivity contribution in [3.8, 4) is 5.75 Å². The van der Waals surface area contributed by atoms with Gasteiger partial charge >= 0.3 is 0 Å². The number of rotatable bonds is 8. The lowest BCUT2D eigenvalue weighted by Gasteiger charge is -2.09. The molecule has 0 radical (unpaired) electrons. The highest BCUT2D eigenvalue weighted by atomic mass is 19.1. The van der Waals surface area contributed by atoms with E-state index in [2.05, 4.69) is 12.2 Å². The smallest absolute Gasteiger partial charge is 0.127 e. The number of ether oxygens (including phenoxy) is 1. The average molecular weight is 251 g/mol. The predicted octanol–water partition coefficient (Wildman–Crippen LogP) is 3.65. The van der Waals surface area contributed by atoms with Gasteiger partial charge < -0.3 is 10.1 Å². The Labute approximate surface area is 109 Å². The molecule has 0 amide bonds. The summed E-state index contributed by atoms with van der Waals surface area (Å²) >= 11 is 0. The van der Waals surface area contributed by atoms with Crippen LogP contribution < -0.4 is 10.1 Å². The molecule has 0 unspecified atom stereocenters. The lowest BCUT2D eigenvalue weighted by atomic mass is 10.2. The van der Waals surface area contributed by atoms with Crippen molar-refractivity contribution < 1.29 is 9.13 Å². The fourth-order valence-corrected chi connectivity index (χ4v) is 1.90. The van der Waals surface area contributed by atoms with Crippen LogP contribution in [0, 0.1) is 5.82 Å². The van der Waals surface area contributed by atoms with Crippen LogP contribution in [0.3, 0.4) is 0 Å². The first-order valence-electron chi connectivity index (χ1n) is 6.93. The lowest BCUT2D eigenvalue weighted by molar-refractivity contribution is 0.304. The molecule has 2 rings (SSSR count). The molecule has 1 fully saturated rings. The molecule has 0 bridgehead atoms. The van der Waals surface area contributed by atoms with Gasteiger partial charge in [-0.05, 0) is 37.0 Å². The summed E-state index contributed by atoms with van der Waals surface area (Å²) in [5.41, 5.74) is 0.965. The van der Waals surface area contributed by atoms with E-state index >= 15 is 0 Å². The van der Waals surface area contributed by atoms with Crippen molar-refractivity contribution in [2.24, 2.45) is 0 Å². The average Bonchev–Trinajstić information content (AvgIpc) is 3.16. The van der Waals surface area contributed by atoms with Crippen molar-refractivity contribution >= 4 is 0 Å². The van der Waals surface area contributed by atoms with E-state index in [9.17, 15) is 4.39 Å². The molecular formula is C15H22FNO. The fourth-order valence-electron chi connectivity index (χ4n) is 1.90. The molecule has 0 saturated heterocycles. The van der Waals surface area contributed by atoms with Gasteiger partial charge in [0.2, 0.25) is 0 Å². The Morgan fingerprint density at radius 1 is 1.28 bits per heavy atom. The molecule has 18 heavy (non-hydrogen) atoms. The van der Waals surface area contributed by atoms with Crippen molar-refractivity contribution in [2.75, 3.05) is 6.61 Å². The van der Waals surface area contributed by atoms with Gasteiger partial charge in [0.05, 0.1) is 6.61 Å². The van der Waals surface area contributed by atoms with E-state index in [1.165, 1.54) is 25.3 Å². The van der Waals surface area contributed by atoms with Crippen LogP contribution in [0.15, 0.2) is 18.2 Å². The lowest BCUT2D eigenvalue weighted by Crippen LogP contribution is -2.15. The Kier molecular flexibility index (Phi) is 5.00. The van der Waals surface area contributed by atoms with Crippen LogP contribution >= 0.6 is 0 Å². The number of nitrogens with one attached hydrogen (secondary N) is 1. The van der Waals surface area contributed by atoms with Gasteiger partial charge in [0.25, 0.3) is 0 Å². The molecule has 3 heteroatoms. The van der Waals surface area contributed by atoms with Crippen molar-refractivity contribution in [1.29, 1.82) is 0 Å². The van der Waals surface area contributed by atoms with Gasteiger partial charge in [0.1, 0.15) is 11.6 Å². The summed E-state index contributed by atoms with van der Waals surface area (Å²) in [7, 11) is 0. The summed E-state index contributed by atoms with van der Waals surface area (Å²) in [5, 5.41) is 3.38. The normalized spacial score (nSPS) is 14.8. The van der Waals surface area contributed by atoms with Crippen LogP contribution in [0.5, 0.6) is 5.75 Å². The van der Waals surface area contributed by atoms with E-state index < -0.39 is 0 Å². The summed E-state index contributed by atoms with van der Waals surface area (Å²) in [5.74, 6) is 0.439. The minimum atomic E-state index is -0.212. The quantitative estimate of drug-likeness (QED) is 0.712. The summed E-state index contributed by atoms with van der Waals surface area (Å²) in [4.78, 5) is 0. The third-order valence-corrected chi connectivity index (χ3v) is 3.12. The largest absolute Gasteiger partial charge is 0.493 e. The minimum absolute atomic E-state index is 0.212. The van der Waals surface area contributed by atoms with Crippen LogP contribution in [0.1, 0.15) is 44.6 Å². The molecule has 1 saturated carbocycles. The maximum absolute atomic E-state index is 13.4. The second kappa shape index (κ2) is 6.74. The number of hydrogen-bond acceptors (Lipinski definition) is 2. The second-order valence-electron chi connectivity index (χ2n) is 5.01. The molecule has 0 heterocycles. The monoisotopic (exact) mass is 251 g/mol. The molecule has 1 aromatic carbocycles. The number of hydrogen-bond donors (Lipinski definition) is 1. The predicted molar refractivity (Wildman–Crippen MR) is 71.3 cm³/mol. The minimum Gasteiger partial charge on any atom is -0.493 e. The SMILES string of the molecule is CCCCCOc1cc(F)cc(CNC2CC2)c1. The van der Waals surface area contributed by atoms with Crippen LogP contribution in [-0.2, 0) is 6.54 Å². The molecule has 1 aliphatic carbocycles. The van der Waals surface area contributed by atoms with Gasteiger partial charge in [-0.25, -0.2) is 4.39 Å². The van der Waals surface area contributed by atoms with E-state index in [0.717, 1.165) is 24.9 Å². The standard InChI is InChI=1S/C15H22FNO/c1-2-3-4-7-18-15-9-12(8-13(16)10-15)11-17-14-5-6-14/h8-10,14,17H,2-7,11H2,1H3. The molecule has 100 valence electrons. The van der Waals surface area contributed by atoms with Crippen LogP contribution in [-0.4, -0.2) is 12.6 Å². The van der Waals surface area contributed by atoms with Gasteiger partial charge in [0.15, 0.2) is 0 Å². The zero-order valence-corrected chi connectivity index (χ0v) is 11.0. The van der Waals surface area contributed by atoms with E-state index in [0.29, 0.717) is 18.4 Å². The Morgan fingerprint density at radius 3 is 2.83 bits per heavy atom. The molecule has 0 spiro atoms. The highest BCUT2D eigenvalue weighted by Gasteiger charge is 2.20. The van der Waals surface area contributed by atoms with Crippen LogP contribution in [0.2, 0.25) is 0 Å². The van der Waals surface area contributed by atoms with Crippen molar-refractivity contribution in [2.45, 2.75) is 51.6 Å². The van der Waals surface area contributed by atoms with Gasteiger partial charge in [-0.15, -0.1) is 0 Å². The summed E-state index contributed by atoms with van der Waals surface area (Å²) in [6, 6.07) is 5.62. The first kappa shape index (κ1) is 13.3. The summed E-state index contributed by atoms with van der Waals surface area (Å²) < 4.78 is 19.0. The van der Waals surface area contributed by atoms with E-state index in [-0.39, 0.29) is 5.82 Å². The highest BCUT2D eigenvalue weighted by Crippen LogP contribution is 2.21. The Hall–Kier alpha value is -1.09. The molecule has 1 N–H and O–H groups in total. The fraction of sp³-hybridized carbons (Fsp3) is 0.600. The molecule has 0 atom stereocenters. The zero-order valence-electron chi connectivity index (χ0n) is 11.0. The van der Waals surface area contributed by atoms with Gasteiger partial charge in [-0.1, -0.05) is 19.8 Å². The second-order valence-corrected chi connectivity index (χ2v) is 5.01. The van der Waals surface area contributed by atoms with Crippen molar-refractivity contribution in [3.63, 3.8) is 0 Å². The van der Waals surface area contributed by atoms with E-state index in [1.54, 1.807) is 6.07 Å². The highest BCUT2D eigenvalue weighted by molar-refractivity contribution is 5.29. The Morgan fingerprint density at radius 2 is 2.11 bits per heavy atom. The van der Waals surface area contributed by atoms with Gasteiger partial charge in [0, 0.05) is 18.7 Å². The zero-order chi connectivity index (χ0) is 12.8. The van der Waals surface area contributed by atoms with Crippen LogP contribution in [0.25, 0.3) is 0 Å². The third kappa shape index (κ3) is 4.65. The number of halogens is 1. The Bertz CT molecular complexity index is 377. The van der Waals surface area contributed by atoms with Crippen LogP contribution in [0.4, 0.5) is 4.39 Å². The maximum atomic E-state index is 13.4. The van der Waals surface area contributed by atoms with E-state index in [4.69, 9.17) is 4.74 Å². The van der Waals surface area contributed by atoms with Crippen molar-refractivity contribution in [3.05, 3.63) is 29.6 Å². The van der Waals surface area contributed by atoms with Gasteiger partial charge in [-0.3, -0.25) is 0 Å². The molecule has 1 aliphatic rings. The molecule has 0 aliphatic heterocycles. The first-order valence-corrected chi connectivity index (χ1v) is 6.93. The summed E-state index contributed by atoms with van der Waals surface area (Å²) in [6.45, 7) is 3.56. The summed E-state index contributed by atoms with van der Waals surface area (Å²) in [6.07, 6.45) is 5.85. The molecule has 2 nitrogen and oxygen atoms in total.